The topological polar surface area (TPSA) is 59.7 Å². The van der Waals surface area contributed by atoms with E-state index in [2.05, 4.69) is 0 Å². The lowest BCUT2D eigenvalue weighted by atomic mass is 10.1. The molecule has 0 aliphatic rings. The number of methoxy groups -OCH3 is 1. The summed E-state index contributed by atoms with van der Waals surface area (Å²) in [7, 11) is 1.62. The number of fused-ring (bicyclic) bond motifs is 1. The highest BCUT2D eigenvalue weighted by atomic mass is 19.1. The normalized spacial score (nSPS) is 11.1. The second-order valence-electron chi connectivity index (χ2n) is 7.81. The zero-order valence-corrected chi connectivity index (χ0v) is 18.1. The number of imidazole rings is 1. The van der Waals surface area contributed by atoms with Crippen molar-refractivity contribution in [2.45, 2.75) is 12.8 Å². The summed E-state index contributed by atoms with van der Waals surface area (Å²) in [5.74, 6) is 0.487. The molecule has 3 aromatic carbocycles. The van der Waals surface area contributed by atoms with Gasteiger partial charge in [0.05, 0.1) is 18.5 Å². The van der Waals surface area contributed by atoms with Crippen LogP contribution in [0.3, 0.4) is 0 Å². The summed E-state index contributed by atoms with van der Waals surface area (Å²) in [6.07, 6.45) is 2.45. The molecular weight excluding hydrogens is 417 g/mol. The molecule has 0 radical (unpaired) electrons. The number of benzene rings is 3. The molecule has 0 saturated heterocycles. The van der Waals surface area contributed by atoms with Gasteiger partial charge in [-0.1, -0.05) is 60.7 Å². The molecule has 0 spiro atoms. The van der Waals surface area contributed by atoms with E-state index in [0.717, 1.165) is 16.9 Å². The SMILES string of the molecule is COc1cccc(Cc2nc3c(Cc4ccccc4F)nc(-c4ccccc4)cn3c2O)c1. The predicted octanol–water partition coefficient (Wildman–Crippen LogP) is 5.43. The van der Waals surface area contributed by atoms with Crippen molar-refractivity contribution < 1.29 is 14.2 Å². The van der Waals surface area contributed by atoms with E-state index in [1.54, 1.807) is 35.9 Å². The van der Waals surface area contributed by atoms with Crippen molar-refractivity contribution in [3.05, 3.63) is 113 Å². The quantitative estimate of drug-likeness (QED) is 0.383. The second-order valence-corrected chi connectivity index (χ2v) is 7.81. The largest absolute Gasteiger partial charge is 0.497 e. The third-order valence-electron chi connectivity index (χ3n) is 5.61. The number of hydrogen-bond donors (Lipinski definition) is 1. The van der Waals surface area contributed by atoms with Gasteiger partial charge in [-0.15, -0.1) is 0 Å². The Bertz CT molecular complexity index is 1430. The highest BCUT2D eigenvalue weighted by Crippen LogP contribution is 2.29. The zero-order chi connectivity index (χ0) is 22.8. The van der Waals surface area contributed by atoms with Crippen LogP contribution in [0, 0.1) is 5.82 Å². The molecule has 1 N–H and O–H groups in total. The van der Waals surface area contributed by atoms with E-state index in [-0.39, 0.29) is 18.1 Å². The number of aromatic nitrogens is 3. The molecule has 5 rings (SSSR count). The van der Waals surface area contributed by atoms with Crippen LogP contribution in [-0.4, -0.2) is 26.6 Å². The van der Waals surface area contributed by atoms with Gasteiger partial charge in [-0.3, -0.25) is 4.40 Å². The van der Waals surface area contributed by atoms with Gasteiger partial charge >= 0.3 is 0 Å². The van der Waals surface area contributed by atoms with E-state index in [4.69, 9.17) is 14.7 Å². The Kier molecular flexibility index (Phi) is 5.48. The van der Waals surface area contributed by atoms with E-state index < -0.39 is 0 Å². The number of halogens is 1. The molecule has 0 saturated carbocycles. The number of rotatable bonds is 6. The molecule has 6 heteroatoms. The summed E-state index contributed by atoms with van der Waals surface area (Å²) in [5.41, 5.74) is 4.67. The van der Waals surface area contributed by atoms with Gasteiger partial charge in [-0.05, 0) is 29.3 Å². The monoisotopic (exact) mass is 439 g/mol. The molecule has 0 unspecified atom stereocenters. The van der Waals surface area contributed by atoms with Crippen molar-refractivity contribution >= 4 is 5.65 Å². The van der Waals surface area contributed by atoms with E-state index in [1.807, 2.05) is 54.6 Å². The Balaban J connectivity index is 1.64. The van der Waals surface area contributed by atoms with Crippen LogP contribution in [0.4, 0.5) is 4.39 Å². The van der Waals surface area contributed by atoms with Crippen LogP contribution in [0.2, 0.25) is 0 Å². The number of aromatic hydroxyl groups is 1. The van der Waals surface area contributed by atoms with Crippen molar-refractivity contribution in [1.82, 2.24) is 14.4 Å². The maximum atomic E-state index is 14.4. The molecule has 0 bridgehead atoms. The first-order valence-corrected chi connectivity index (χ1v) is 10.6. The molecule has 0 fully saturated rings. The van der Waals surface area contributed by atoms with Crippen LogP contribution in [0.15, 0.2) is 85.1 Å². The highest BCUT2D eigenvalue weighted by Gasteiger charge is 2.19. The van der Waals surface area contributed by atoms with Crippen molar-refractivity contribution in [1.29, 1.82) is 0 Å². The van der Waals surface area contributed by atoms with Crippen LogP contribution < -0.4 is 4.74 Å². The highest BCUT2D eigenvalue weighted by molar-refractivity contribution is 5.63. The lowest BCUT2D eigenvalue weighted by Gasteiger charge is -2.09. The Morgan fingerprint density at radius 2 is 1.67 bits per heavy atom. The third kappa shape index (κ3) is 4.15. The fraction of sp³-hybridized carbons (Fsp3) is 0.111. The van der Waals surface area contributed by atoms with E-state index in [9.17, 15) is 9.50 Å². The molecule has 2 aromatic heterocycles. The molecule has 0 atom stereocenters. The van der Waals surface area contributed by atoms with Crippen LogP contribution in [0.25, 0.3) is 16.9 Å². The molecule has 0 amide bonds. The maximum absolute atomic E-state index is 14.4. The molecule has 5 nitrogen and oxygen atoms in total. The Morgan fingerprint density at radius 3 is 2.45 bits per heavy atom. The second kappa shape index (κ2) is 8.74. The summed E-state index contributed by atoms with van der Waals surface area (Å²) in [4.78, 5) is 9.53. The van der Waals surface area contributed by atoms with Gasteiger partial charge in [0.2, 0.25) is 5.88 Å². The van der Waals surface area contributed by atoms with Crippen molar-refractivity contribution in [2.24, 2.45) is 0 Å². The maximum Gasteiger partial charge on any atom is 0.219 e. The number of nitrogens with zero attached hydrogens (tertiary/aromatic N) is 3. The van der Waals surface area contributed by atoms with Gasteiger partial charge in [0.15, 0.2) is 5.65 Å². The lowest BCUT2D eigenvalue weighted by molar-refractivity contribution is 0.414. The lowest BCUT2D eigenvalue weighted by Crippen LogP contribution is -2.02. The average molecular weight is 439 g/mol. The minimum absolute atomic E-state index is 0.0437. The first-order valence-electron chi connectivity index (χ1n) is 10.6. The molecule has 164 valence electrons. The van der Waals surface area contributed by atoms with Gasteiger partial charge in [0.25, 0.3) is 0 Å². The zero-order valence-electron chi connectivity index (χ0n) is 18.1. The molecule has 0 aliphatic heterocycles. The third-order valence-corrected chi connectivity index (χ3v) is 5.61. The van der Waals surface area contributed by atoms with Crippen molar-refractivity contribution in [3.63, 3.8) is 0 Å². The average Bonchev–Trinajstić information content (AvgIpc) is 3.16. The van der Waals surface area contributed by atoms with Crippen molar-refractivity contribution in [2.75, 3.05) is 7.11 Å². The van der Waals surface area contributed by atoms with Gasteiger partial charge < -0.3 is 9.84 Å². The molecular formula is C27H22FN3O2. The Hall–Kier alpha value is -4.19. The van der Waals surface area contributed by atoms with Crippen molar-refractivity contribution in [3.8, 4) is 22.9 Å². The summed E-state index contributed by atoms with van der Waals surface area (Å²) in [5, 5.41) is 11.1. The van der Waals surface area contributed by atoms with E-state index in [1.165, 1.54) is 6.07 Å². The summed E-state index contributed by atoms with van der Waals surface area (Å²) < 4.78 is 21.4. The molecule has 0 aliphatic carbocycles. The molecule has 2 heterocycles. The smallest absolute Gasteiger partial charge is 0.219 e. The van der Waals surface area contributed by atoms with Crippen LogP contribution in [-0.2, 0) is 12.8 Å². The first kappa shape index (κ1) is 20.7. The van der Waals surface area contributed by atoms with Gasteiger partial charge in [0.1, 0.15) is 17.3 Å². The molecule has 5 aromatic rings. The summed E-state index contributed by atoms with van der Waals surface area (Å²) in [6, 6.07) is 24.0. The number of ether oxygens (including phenoxy) is 1. The first-order chi connectivity index (χ1) is 16.1. The fourth-order valence-corrected chi connectivity index (χ4v) is 3.93. The van der Waals surface area contributed by atoms with Gasteiger partial charge in [-0.2, -0.15) is 0 Å². The summed E-state index contributed by atoms with van der Waals surface area (Å²) in [6.45, 7) is 0. The standard InChI is InChI=1S/C27H22FN3O2/c1-33-21-12-7-8-18(14-21)15-24-27(32)31-17-25(19-9-3-2-4-10-19)29-23(26(31)30-24)16-20-11-5-6-13-22(20)28/h2-14,17,32H,15-16H2,1H3. The van der Waals surface area contributed by atoms with Crippen LogP contribution >= 0.6 is 0 Å². The molecule has 33 heavy (non-hydrogen) atoms. The summed E-state index contributed by atoms with van der Waals surface area (Å²) >= 11 is 0. The van der Waals surface area contributed by atoms with Crippen LogP contribution in [0.1, 0.15) is 22.5 Å². The van der Waals surface area contributed by atoms with E-state index >= 15 is 0 Å². The Labute approximate surface area is 190 Å². The minimum Gasteiger partial charge on any atom is -0.497 e. The number of hydrogen-bond acceptors (Lipinski definition) is 4. The minimum atomic E-state index is -0.296. The predicted molar refractivity (Wildman–Crippen MR) is 125 cm³/mol. The van der Waals surface area contributed by atoms with E-state index in [0.29, 0.717) is 34.7 Å². The van der Waals surface area contributed by atoms with Gasteiger partial charge in [0, 0.05) is 24.6 Å². The van der Waals surface area contributed by atoms with Gasteiger partial charge in [-0.25, -0.2) is 14.4 Å². The van der Waals surface area contributed by atoms with Crippen LogP contribution in [0.5, 0.6) is 11.6 Å². The fourth-order valence-electron chi connectivity index (χ4n) is 3.93. The Morgan fingerprint density at radius 1 is 0.879 bits per heavy atom.